The SMILES string of the molecule is CC(=O)C1(C)C(=O)Nc2cc3[nH]c(=O)[nH]c3cc21. The second-order valence-electron chi connectivity index (χ2n) is 4.66. The van der Waals surface area contributed by atoms with Gasteiger partial charge >= 0.3 is 5.69 Å². The minimum Gasteiger partial charge on any atom is -0.325 e. The average molecular weight is 245 g/mol. The van der Waals surface area contributed by atoms with Crippen molar-refractivity contribution in [2.75, 3.05) is 5.32 Å². The van der Waals surface area contributed by atoms with Gasteiger partial charge < -0.3 is 15.3 Å². The Morgan fingerprint density at radius 1 is 1.17 bits per heavy atom. The predicted octanol–water partition coefficient (Wildman–Crippen LogP) is 0.655. The first kappa shape index (κ1) is 10.8. The van der Waals surface area contributed by atoms with E-state index in [2.05, 4.69) is 15.3 Å². The number of carbonyl (C=O) groups is 2. The van der Waals surface area contributed by atoms with Crippen LogP contribution in [0.3, 0.4) is 0 Å². The molecule has 0 spiro atoms. The lowest BCUT2D eigenvalue weighted by Gasteiger charge is -2.17. The van der Waals surface area contributed by atoms with E-state index in [1.54, 1.807) is 19.1 Å². The molecule has 2 aromatic rings. The number of Topliss-reactive ketones (excluding diaryl/α,β-unsaturated/α-hetero) is 1. The van der Waals surface area contributed by atoms with Gasteiger partial charge in [0.25, 0.3) is 0 Å². The first-order chi connectivity index (χ1) is 8.42. The van der Waals surface area contributed by atoms with Gasteiger partial charge in [0.2, 0.25) is 5.91 Å². The Balaban J connectivity index is 2.36. The zero-order valence-corrected chi connectivity index (χ0v) is 9.88. The van der Waals surface area contributed by atoms with E-state index in [1.807, 2.05) is 0 Å². The van der Waals surface area contributed by atoms with Crippen molar-refractivity contribution >= 4 is 28.4 Å². The third-order valence-electron chi connectivity index (χ3n) is 3.60. The van der Waals surface area contributed by atoms with Crippen LogP contribution in [0.15, 0.2) is 16.9 Å². The Hall–Kier alpha value is -2.37. The van der Waals surface area contributed by atoms with Crippen LogP contribution in [0.25, 0.3) is 11.0 Å². The molecule has 0 bridgehead atoms. The van der Waals surface area contributed by atoms with Crippen molar-refractivity contribution in [2.24, 2.45) is 0 Å². The number of benzene rings is 1. The fraction of sp³-hybridized carbons (Fsp3) is 0.250. The van der Waals surface area contributed by atoms with Gasteiger partial charge in [0.05, 0.1) is 11.0 Å². The summed E-state index contributed by atoms with van der Waals surface area (Å²) in [5, 5.41) is 2.68. The quantitative estimate of drug-likeness (QED) is 0.644. The number of fused-ring (bicyclic) bond motifs is 2. The summed E-state index contributed by atoms with van der Waals surface area (Å²) in [7, 11) is 0. The monoisotopic (exact) mass is 245 g/mol. The first-order valence-electron chi connectivity index (χ1n) is 5.52. The molecule has 1 unspecified atom stereocenters. The maximum absolute atomic E-state index is 11.9. The minimum atomic E-state index is -1.18. The zero-order chi connectivity index (χ0) is 13.1. The predicted molar refractivity (Wildman–Crippen MR) is 65.6 cm³/mol. The molecule has 2 heterocycles. The Labute approximate surface area is 101 Å². The van der Waals surface area contributed by atoms with E-state index in [0.717, 1.165) is 0 Å². The summed E-state index contributed by atoms with van der Waals surface area (Å²) in [5.41, 5.74) is 0.861. The van der Waals surface area contributed by atoms with Gasteiger partial charge in [0.1, 0.15) is 11.2 Å². The van der Waals surface area contributed by atoms with Crippen LogP contribution in [0, 0.1) is 0 Å². The maximum Gasteiger partial charge on any atom is 0.323 e. The van der Waals surface area contributed by atoms with Crippen molar-refractivity contribution in [3.8, 4) is 0 Å². The van der Waals surface area contributed by atoms with Gasteiger partial charge in [-0.1, -0.05) is 0 Å². The maximum atomic E-state index is 11.9. The highest BCUT2D eigenvalue weighted by atomic mass is 16.2. The van der Waals surface area contributed by atoms with Crippen molar-refractivity contribution < 1.29 is 9.59 Å². The molecule has 0 saturated carbocycles. The van der Waals surface area contributed by atoms with Gasteiger partial charge in [0.15, 0.2) is 0 Å². The summed E-state index contributed by atoms with van der Waals surface area (Å²) in [4.78, 5) is 40.1. The van der Waals surface area contributed by atoms with Gasteiger partial charge in [-0.15, -0.1) is 0 Å². The lowest BCUT2D eigenvalue weighted by Crippen LogP contribution is -2.37. The summed E-state index contributed by atoms with van der Waals surface area (Å²) in [5.74, 6) is -0.559. The largest absolute Gasteiger partial charge is 0.325 e. The molecule has 1 aliphatic heterocycles. The molecule has 3 N–H and O–H groups in total. The highest BCUT2D eigenvalue weighted by Crippen LogP contribution is 2.39. The molecule has 6 nitrogen and oxygen atoms in total. The number of hydrogen-bond donors (Lipinski definition) is 3. The Morgan fingerprint density at radius 2 is 1.78 bits per heavy atom. The number of amides is 1. The van der Waals surface area contributed by atoms with Crippen LogP contribution in [0.5, 0.6) is 0 Å². The van der Waals surface area contributed by atoms with Crippen LogP contribution in [0.1, 0.15) is 19.4 Å². The van der Waals surface area contributed by atoms with E-state index in [1.165, 1.54) is 6.92 Å². The normalized spacial score (nSPS) is 22.0. The minimum absolute atomic E-state index is 0.226. The molecule has 1 atom stereocenters. The molecular formula is C12H11N3O3. The van der Waals surface area contributed by atoms with Gasteiger partial charge in [-0.2, -0.15) is 0 Å². The summed E-state index contributed by atoms with van der Waals surface area (Å²) in [6.07, 6.45) is 0. The lowest BCUT2D eigenvalue weighted by molar-refractivity contribution is -0.130. The van der Waals surface area contributed by atoms with Crippen LogP contribution in [0.4, 0.5) is 5.69 Å². The number of nitrogens with one attached hydrogen (secondary N) is 3. The molecule has 18 heavy (non-hydrogen) atoms. The van der Waals surface area contributed by atoms with Gasteiger partial charge in [-0.25, -0.2) is 4.79 Å². The molecule has 0 radical (unpaired) electrons. The van der Waals surface area contributed by atoms with Crippen LogP contribution >= 0.6 is 0 Å². The molecule has 92 valence electrons. The Bertz CT molecular complexity index is 756. The van der Waals surface area contributed by atoms with Gasteiger partial charge in [-0.05, 0) is 26.0 Å². The van der Waals surface area contributed by atoms with E-state index < -0.39 is 5.41 Å². The molecule has 3 rings (SSSR count). The highest BCUT2D eigenvalue weighted by molar-refractivity contribution is 6.21. The average Bonchev–Trinajstić information content (AvgIpc) is 2.75. The summed E-state index contributed by atoms with van der Waals surface area (Å²) in [6, 6.07) is 3.33. The fourth-order valence-electron chi connectivity index (χ4n) is 2.32. The summed E-state index contributed by atoms with van der Waals surface area (Å²) < 4.78 is 0. The molecular weight excluding hydrogens is 234 g/mol. The standard InChI is InChI=1S/C12H11N3O3/c1-5(16)12(2)6-3-8-9(15-11(18)14-8)4-7(6)13-10(12)17/h3-4H,1-2H3,(H,13,17)(H2,14,15,18). The molecule has 1 aromatic heterocycles. The Morgan fingerprint density at radius 3 is 2.39 bits per heavy atom. The number of anilines is 1. The topological polar surface area (TPSA) is 94.8 Å². The third-order valence-corrected chi connectivity index (χ3v) is 3.60. The van der Waals surface area contributed by atoms with E-state index in [9.17, 15) is 14.4 Å². The van der Waals surface area contributed by atoms with Crippen molar-refractivity contribution in [3.05, 3.63) is 28.2 Å². The molecule has 1 aromatic carbocycles. The second kappa shape index (κ2) is 3.10. The molecule has 0 saturated heterocycles. The molecule has 1 aliphatic rings. The smallest absolute Gasteiger partial charge is 0.323 e. The van der Waals surface area contributed by atoms with E-state index in [0.29, 0.717) is 22.3 Å². The molecule has 0 aliphatic carbocycles. The highest BCUT2D eigenvalue weighted by Gasteiger charge is 2.46. The molecule has 6 heteroatoms. The number of aromatic amines is 2. The summed E-state index contributed by atoms with van der Waals surface area (Å²) in [6.45, 7) is 2.98. The zero-order valence-electron chi connectivity index (χ0n) is 9.88. The summed E-state index contributed by atoms with van der Waals surface area (Å²) >= 11 is 0. The fourth-order valence-corrected chi connectivity index (χ4v) is 2.32. The second-order valence-corrected chi connectivity index (χ2v) is 4.66. The van der Waals surface area contributed by atoms with Crippen LogP contribution < -0.4 is 11.0 Å². The van der Waals surface area contributed by atoms with Crippen molar-refractivity contribution in [2.45, 2.75) is 19.3 Å². The van der Waals surface area contributed by atoms with E-state index in [4.69, 9.17) is 0 Å². The van der Waals surface area contributed by atoms with Crippen molar-refractivity contribution in [1.29, 1.82) is 0 Å². The van der Waals surface area contributed by atoms with Crippen LogP contribution in [-0.4, -0.2) is 21.7 Å². The Kier molecular flexibility index (Phi) is 1.85. The van der Waals surface area contributed by atoms with E-state index in [-0.39, 0.29) is 17.4 Å². The number of imidazole rings is 1. The van der Waals surface area contributed by atoms with Gasteiger partial charge in [0, 0.05) is 11.3 Å². The lowest BCUT2D eigenvalue weighted by atomic mass is 9.80. The van der Waals surface area contributed by atoms with Crippen LogP contribution in [0.2, 0.25) is 0 Å². The van der Waals surface area contributed by atoms with E-state index >= 15 is 0 Å². The van der Waals surface area contributed by atoms with Crippen molar-refractivity contribution in [3.63, 3.8) is 0 Å². The van der Waals surface area contributed by atoms with Gasteiger partial charge in [-0.3, -0.25) is 9.59 Å². The molecule has 0 fully saturated rings. The number of hydrogen-bond acceptors (Lipinski definition) is 3. The number of carbonyl (C=O) groups excluding carboxylic acids is 2. The first-order valence-corrected chi connectivity index (χ1v) is 5.52. The number of rotatable bonds is 1. The number of aromatic nitrogens is 2. The molecule has 1 amide bonds. The van der Waals surface area contributed by atoms with Crippen molar-refractivity contribution in [1.82, 2.24) is 9.97 Å². The number of ketones is 1. The third kappa shape index (κ3) is 1.14. The number of H-pyrrole nitrogens is 2. The van der Waals surface area contributed by atoms with Crippen LogP contribution in [-0.2, 0) is 15.0 Å².